The summed E-state index contributed by atoms with van der Waals surface area (Å²) in [5.74, 6) is 4.40. The first-order valence-electron chi connectivity index (χ1n) is 14.3. The number of unbranched alkanes of at least 4 members (excludes halogenated alkanes) is 1. The van der Waals surface area contributed by atoms with E-state index in [2.05, 4.69) is 17.2 Å². The van der Waals surface area contributed by atoms with Crippen LogP contribution in [0.2, 0.25) is 0 Å². The van der Waals surface area contributed by atoms with Gasteiger partial charge in [-0.1, -0.05) is 73.0 Å². The van der Waals surface area contributed by atoms with Crippen LogP contribution in [-0.2, 0) is 32.0 Å². The fourth-order valence-electron chi connectivity index (χ4n) is 4.22. The van der Waals surface area contributed by atoms with Crippen LogP contribution >= 0.6 is 11.8 Å². The maximum Gasteiger partial charge on any atom is 0.256 e. The van der Waals surface area contributed by atoms with Crippen LogP contribution in [0, 0.1) is 11.8 Å². The molecule has 3 rings (SSSR count). The van der Waals surface area contributed by atoms with Crippen LogP contribution in [0.4, 0.5) is 0 Å². The Morgan fingerprint density at radius 3 is 2.00 bits per heavy atom. The minimum atomic E-state index is -0.546. The van der Waals surface area contributed by atoms with Crippen LogP contribution < -0.4 is 15.5 Å². The van der Waals surface area contributed by atoms with Crippen molar-refractivity contribution in [2.45, 2.75) is 49.2 Å². The molecule has 0 saturated carbocycles. The zero-order valence-electron chi connectivity index (χ0n) is 24.7. The molecule has 230 valence electrons. The molecule has 3 aromatic rings. The van der Waals surface area contributed by atoms with E-state index in [-0.39, 0.29) is 19.4 Å². The first-order chi connectivity index (χ1) is 21.4. The molecule has 0 heterocycles. The lowest BCUT2D eigenvalue weighted by Gasteiger charge is -2.21. The summed E-state index contributed by atoms with van der Waals surface area (Å²) in [5, 5.41) is 11.5. The van der Waals surface area contributed by atoms with Gasteiger partial charge in [0.25, 0.3) is 5.91 Å². The molecule has 0 aliphatic heterocycles. The summed E-state index contributed by atoms with van der Waals surface area (Å²) in [5.41, 5.74) is 3.23. The van der Waals surface area contributed by atoms with Crippen LogP contribution in [0.15, 0.2) is 89.8 Å². The van der Waals surface area contributed by atoms with Gasteiger partial charge < -0.3 is 10.1 Å². The Labute approximate surface area is 262 Å². The predicted molar refractivity (Wildman–Crippen MR) is 169 cm³/mol. The summed E-state index contributed by atoms with van der Waals surface area (Å²) in [4.78, 5) is 53.1. The first kappa shape index (κ1) is 33.9. The Bertz CT molecular complexity index is 1370. The van der Waals surface area contributed by atoms with Gasteiger partial charge in [0.05, 0.1) is 18.1 Å². The topological polar surface area (TPSA) is 125 Å². The fourth-order valence-corrected chi connectivity index (χ4v) is 5.28. The van der Waals surface area contributed by atoms with Crippen LogP contribution in [0.25, 0.3) is 0 Å². The summed E-state index contributed by atoms with van der Waals surface area (Å²) < 4.78 is 5.51. The number of rotatable bonds is 16. The van der Waals surface area contributed by atoms with E-state index in [1.807, 2.05) is 48.5 Å². The molecule has 10 heteroatoms. The molecule has 3 aromatic carbocycles. The van der Waals surface area contributed by atoms with E-state index in [9.17, 15) is 24.4 Å². The monoisotopic (exact) mass is 615 g/mol. The number of hydroxylamine groups is 1. The number of imide groups is 1. The minimum Gasteiger partial charge on any atom is -0.481 e. The fraction of sp³-hybridized carbons (Fsp3) is 0.294. The van der Waals surface area contributed by atoms with Gasteiger partial charge in [-0.25, -0.2) is 5.48 Å². The first-order valence-corrected chi connectivity index (χ1v) is 15.2. The molecule has 0 aliphatic carbocycles. The highest BCUT2D eigenvalue weighted by atomic mass is 32.2. The van der Waals surface area contributed by atoms with Gasteiger partial charge in [0.15, 0.2) is 0 Å². The zero-order valence-corrected chi connectivity index (χ0v) is 25.5. The highest BCUT2D eigenvalue weighted by molar-refractivity contribution is 8.00. The van der Waals surface area contributed by atoms with Crippen molar-refractivity contribution in [1.82, 2.24) is 15.7 Å². The standard InChI is InChI=1S/C34H37N3O6S/c1-2-3-22-43-28-17-19-29(20-18-28)44-30(34(41)36-42)16-10-11-21-35-31(38)25-37(32(39)23-26-12-6-4-7-13-26)33(40)24-27-14-8-5-9-15-27/h4-9,12-15,17-20,30,42H,10-11,16,21-25H2,1H3,(H,35,38)(H,36,41). The lowest BCUT2D eigenvalue weighted by Crippen LogP contribution is -2.45. The zero-order chi connectivity index (χ0) is 31.6. The average molecular weight is 616 g/mol. The van der Waals surface area contributed by atoms with E-state index >= 15 is 0 Å². The van der Waals surface area contributed by atoms with Crippen molar-refractivity contribution in [3.8, 4) is 17.6 Å². The van der Waals surface area contributed by atoms with Crippen LogP contribution in [0.3, 0.4) is 0 Å². The molecule has 0 bridgehead atoms. The summed E-state index contributed by atoms with van der Waals surface area (Å²) in [7, 11) is 0. The minimum absolute atomic E-state index is 0.00389. The second-order valence-electron chi connectivity index (χ2n) is 9.81. The molecule has 0 aromatic heterocycles. The lowest BCUT2D eigenvalue weighted by atomic mass is 10.1. The third-order valence-electron chi connectivity index (χ3n) is 6.51. The Morgan fingerprint density at radius 2 is 1.45 bits per heavy atom. The second-order valence-corrected chi connectivity index (χ2v) is 11.1. The number of carbonyl (C=O) groups is 4. The predicted octanol–water partition coefficient (Wildman–Crippen LogP) is 4.18. The summed E-state index contributed by atoms with van der Waals surface area (Å²) in [6.07, 6.45) is 1.61. The molecule has 0 aliphatic rings. The number of carbonyl (C=O) groups excluding carboxylic acids is 4. The molecule has 1 unspecified atom stereocenters. The van der Waals surface area contributed by atoms with Gasteiger partial charge in [-0.2, -0.15) is 0 Å². The van der Waals surface area contributed by atoms with Gasteiger partial charge in [0.1, 0.15) is 18.9 Å². The van der Waals surface area contributed by atoms with Crippen molar-refractivity contribution < 1.29 is 29.1 Å². The molecule has 0 saturated heterocycles. The van der Waals surface area contributed by atoms with Crippen molar-refractivity contribution in [3.05, 3.63) is 96.1 Å². The molecular formula is C34H37N3O6S. The molecule has 9 nitrogen and oxygen atoms in total. The van der Waals surface area contributed by atoms with Crippen molar-refractivity contribution in [1.29, 1.82) is 0 Å². The maximum atomic E-state index is 13.1. The SMILES string of the molecule is CC#CCOc1ccc(SC(CCCCNC(=O)CN(C(=O)Cc2ccccc2)C(=O)Cc2ccccc2)C(=O)NO)cc1. The van der Waals surface area contributed by atoms with E-state index in [4.69, 9.17) is 4.74 Å². The van der Waals surface area contributed by atoms with Crippen LogP contribution in [-0.4, -0.2) is 58.7 Å². The van der Waals surface area contributed by atoms with Crippen LogP contribution in [0.1, 0.15) is 37.3 Å². The van der Waals surface area contributed by atoms with Gasteiger partial charge >= 0.3 is 0 Å². The van der Waals surface area contributed by atoms with E-state index in [0.29, 0.717) is 38.2 Å². The third-order valence-corrected chi connectivity index (χ3v) is 7.79. The molecule has 4 amide bonds. The summed E-state index contributed by atoms with van der Waals surface area (Å²) in [6, 6.07) is 25.4. The summed E-state index contributed by atoms with van der Waals surface area (Å²) in [6.45, 7) is 1.95. The Hall–Kier alpha value is -4.59. The number of benzene rings is 3. The smallest absolute Gasteiger partial charge is 0.256 e. The Morgan fingerprint density at radius 1 is 0.864 bits per heavy atom. The average Bonchev–Trinajstić information content (AvgIpc) is 3.04. The van der Waals surface area contributed by atoms with E-state index < -0.39 is 28.9 Å². The number of ether oxygens (including phenoxy) is 1. The number of thioether (sulfide) groups is 1. The quantitative estimate of drug-likeness (QED) is 0.0726. The van der Waals surface area contributed by atoms with Gasteiger partial charge in [0, 0.05) is 11.4 Å². The van der Waals surface area contributed by atoms with Crippen LogP contribution in [0.5, 0.6) is 5.75 Å². The largest absolute Gasteiger partial charge is 0.481 e. The van der Waals surface area contributed by atoms with Gasteiger partial charge in [-0.3, -0.25) is 29.3 Å². The number of amides is 4. The van der Waals surface area contributed by atoms with E-state index in [1.165, 1.54) is 11.8 Å². The van der Waals surface area contributed by atoms with Gasteiger partial charge in [-0.05, 0) is 55.2 Å². The molecule has 44 heavy (non-hydrogen) atoms. The van der Waals surface area contributed by atoms with E-state index in [1.54, 1.807) is 48.8 Å². The van der Waals surface area contributed by atoms with Crippen molar-refractivity contribution in [3.63, 3.8) is 0 Å². The highest BCUT2D eigenvalue weighted by Crippen LogP contribution is 2.28. The number of nitrogens with one attached hydrogen (secondary N) is 2. The lowest BCUT2D eigenvalue weighted by molar-refractivity contribution is -0.147. The normalized spacial score (nSPS) is 11.0. The highest BCUT2D eigenvalue weighted by Gasteiger charge is 2.24. The van der Waals surface area contributed by atoms with Gasteiger partial charge in [0.2, 0.25) is 17.7 Å². The Balaban J connectivity index is 1.50. The van der Waals surface area contributed by atoms with Crippen molar-refractivity contribution >= 4 is 35.4 Å². The Kier molecular flexibility index (Phi) is 14.5. The summed E-state index contributed by atoms with van der Waals surface area (Å²) >= 11 is 1.31. The molecule has 0 radical (unpaired) electrons. The number of hydrogen-bond acceptors (Lipinski definition) is 7. The molecule has 3 N–H and O–H groups in total. The van der Waals surface area contributed by atoms with E-state index in [0.717, 1.165) is 20.9 Å². The van der Waals surface area contributed by atoms with Crippen molar-refractivity contribution in [2.24, 2.45) is 0 Å². The third kappa shape index (κ3) is 12.0. The molecule has 1 atom stereocenters. The molecular weight excluding hydrogens is 578 g/mol. The molecule has 0 spiro atoms. The number of hydrogen-bond donors (Lipinski definition) is 3. The second kappa shape index (κ2) is 18.8. The van der Waals surface area contributed by atoms with Gasteiger partial charge in [-0.15, -0.1) is 17.7 Å². The maximum absolute atomic E-state index is 13.1. The van der Waals surface area contributed by atoms with Crippen molar-refractivity contribution in [2.75, 3.05) is 19.7 Å². The number of nitrogens with zero attached hydrogens (tertiary/aromatic N) is 1. The molecule has 0 fully saturated rings.